The SMILES string of the molecule is CNC(Cc1ccc([N+](=O)[O-])cc1)c1ccccc1Br. The molecule has 2 aromatic carbocycles. The number of hydrogen-bond acceptors (Lipinski definition) is 3. The third-order valence-corrected chi connectivity index (χ3v) is 3.94. The first kappa shape index (κ1) is 14.7. The average Bonchev–Trinajstić information content (AvgIpc) is 2.46. The van der Waals surface area contributed by atoms with Crippen LogP contribution in [0.25, 0.3) is 0 Å². The van der Waals surface area contributed by atoms with Gasteiger partial charge >= 0.3 is 0 Å². The third-order valence-electron chi connectivity index (χ3n) is 3.22. The Labute approximate surface area is 126 Å². The zero-order valence-corrected chi connectivity index (χ0v) is 12.6. The van der Waals surface area contributed by atoms with Gasteiger partial charge in [0.05, 0.1) is 4.92 Å². The number of nitrogens with zero attached hydrogens (tertiary/aromatic N) is 1. The lowest BCUT2D eigenvalue weighted by Gasteiger charge is -2.18. The van der Waals surface area contributed by atoms with E-state index >= 15 is 0 Å². The van der Waals surface area contributed by atoms with E-state index in [1.807, 2.05) is 25.2 Å². The van der Waals surface area contributed by atoms with Gasteiger partial charge in [0.2, 0.25) is 0 Å². The number of rotatable bonds is 5. The number of nitro groups is 1. The van der Waals surface area contributed by atoms with Gasteiger partial charge in [-0.15, -0.1) is 0 Å². The monoisotopic (exact) mass is 334 g/mol. The molecule has 5 heteroatoms. The number of nitrogens with one attached hydrogen (secondary N) is 1. The van der Waals surface area contributed by atoms with Crippen LogP contribution in [0.3, 0.4) is 0 Å². The first-order chi connectivity index (χ1) is 9.61. The highest BCUT2D eigenvalue weighted by Gasteiger charge is 2.13. The van der Waals surface area contributed by atoms with Gasteiger partial charge in [-0.3, -0.25) is 10.1 Å². The first-order valence-corrected chi connectivity index (χ1v) is 7.06. The maximum Gasteiger partial charge on any atom is 0.269 e. The van der Waals surface area contributed by atoms with Gasteiger partial charge < -0.3 is 5.32 Å². The molecule has 1 unspecified atom stereocenters. The van der Waals surface area contributed by atoms with Crippen LogP contribution < -0.4 is 5.32 Å². The zero-order chi connectivity index (χ0) is 14.5. The predicted octanol–water partition coefficient (Wildman–Crippen LogP) is 3.86. The third kappa shape index (κ3) is 3.43. The molecule has 0 aromatic heterocycles. The van der Waals surface area contributed by atoms with Crippen molar-refractivity contribution in [2.45, 2.75) is 12.5 Å². The molecule has 1 atom stereocenters. The Morgan fingerprint density at radius 3 is 2.40 bits per heavy atom. The molecule has 0 radical (unpaired) electrons. The highest BCUT2D eigenvalue weighted by atomic mass is 79.9. The van der Waals surface area contributed by atoms with E-state index in [-0.39, 0.29) is 16.7 Å². The normalized spacial score (nSPS) is 12.1. The summed E-state index contributed by atoms with van der Waals surface area (Å²) in [4.78, 5) is 10.3. The van der Waals surface area contributed by atoms with E-state index in [2.05, 4.69) is 27.3 Å². The van der Waals surface area contributed by atoms with Crippen molar-refractivity contribution in [3.8, 4) is 0 Å². The Bertz CT molecular complexity index is 599. The fraction of sp³-hybridized carbons (Fsp3) is 0.200. The summed E-state index contributed by atoms with van der Waals surface area (Å²) >= 11 is 3.55. The summed E-state index contributed by atoms with van der Waals surface area (Å²) in [5, 5.41) is 13.9. The van der Waals surface area contributed by atoms with Crippen LogP contribution in [-0.2, 0) is 6.42 Å². The van der Waals surface area contributed by atoms with Crippen LogP contribution in [0.15, 0.2) is 53.0 Å². The Kier molecular flexibility index (Phi) is 4.87. The van der Waals surface area contributed by atoms with E-state index in [0.29, 0.717) is 0 Å². The van der Waals surface area contributed by atoms with Crippen molar-refractivity contribution in [1.82, 2.24) is 5.32 Å². The maximum absolute atomic E-state index is 10.6. The lowest BCUT2D eigenvalue weighted by molar-refractivity contribution is -0.384. The number of nitro benzene ring substituents is 1. The molecule has 1 N–H and O–H groups in total. The topological polar surface area (TPSA) is 55.2 Å². The summed E-state index contributed by atoms with van der Waals surface area (Å²) in [6, 6.07) is 14.9. The van der Waals surface area contributed by atoms with Crippen molar-refractivity contribution in [3.05, 3.63) is 74.2 Å². The van der Waals surface area contributed by atoms with Gasteiger partial charge in [-0.25, -0.2) is 0 Å². The minimum absolute atomic E-state index is 0.121. The summed E-state index contributed by atoms with van der Waals surface area (Å²) in [6.45, 7) is 0. The molecule has 0 heterocycles. The molecule has 0 fully saturated rings. The Morgan fingerprint density at radius 2 is 1.85 bits per heavy atom. The summed E-state index contributed by atoms with van der Waals surface area (Å²) in [5.41, 5.74) is 2.36. The standard InChI is InChI=1S/C15H15BrN2O2/c1-17-15(13-4-2-3-5-14(13)16)10-11-6-8-12(9-7-11)18(19)20/h2-9,15,17H,10H2,1H3. The molecule has 2 rings (SSSR count). The molecular weight excluding hydrogens is 320 g/mol. The molecule has 20 heavy (non-hydrogen) atoms. The van der Waals surface area contributed by atoms with Gasteiger partial charge in [-0.1, -0.05) is 46.3 Å². The van der Waals surface area contributed by atoms with E-state index in [0.717, 1.165) is 16.5 Å². The van der Waals surface area contributed by atoms with E-state index in [9.17, 15) is 10.1 Å². The van der Waals surface area contributed by atoms with E-state index < -0.39 is 0 Å². The number of halogens is 1. The molecule has 0 amide bonds. The van der Waals surface area contributed by atoms with Gasteiger partial charge in [0.25, 0.3) is 5.69 Å². The van der Waals surface area contributed by atoms with Gasteiger partial charge in [-0.2, -0.15) is 0 Å². The van der Waals surface area contributed by atoms with Crippen molar-refractivity contribution in [3.63, 3.8) is 0 Å². The quantitative estimate of drug-likeness (QED) is 0.667. The van der Waals surface area contributed by atoms with Gasteiger partial charge in [0.15, 0.2) is 0 Å². The van der Waals surface area contributed by atoms with Crippen LogP contribution >= 0.6 is 15.9 Å². The average molecular weight is 335 g/mol. The van der Waals surface area contributed by atoms with Crippen molar-refractivity contribution in [2.24, 2.45) is 0 Å². The van der Waals surface area contributed by atoms with Crippen molar-refractivity contribution >= 4 is 21.6 Å². The van der Waals surface area contributed by atoms with E-state index in [1.54, 1.807) is 24.3 Å². The fourth-order valence-electron chi connectivity index (χ4n) is 2.11. The van der Waals surface area contributed by atoms with Crippen molar-refractivity contribution in [1.29, 1.82) is 0 Å². The van der Waals surface area contributed by atoms with Crippen molar-refractivity contribution < 1.29 is 4.92 Å². The molecule has 2 aromatic rings. The number of non-ortho nitro benzene ring substituents is 1. The van der Waals surface area contributed by atoms with Gasteiger partial charge in [-0.05, 0) is 30.7 Å². The lowest BCUT2D eigenvalue weighted by Crippen LogP contribution is -2.19. The van der Waals surface area contributed by atoms with Crippen LogP contribution in [0.1, 0.15) is 17.2 Å². The van der Waals surface area contributed by atoms with Crippen LogP contribution in [0.2, 0.25) is 0 Å². The van der Waals surface area contributed by atoms with Crippen LogP contribution in [0.4, 0.5) is 5.69 Å². The Morgan fingerprint density at radius 1 is 1.20 bits per heavy atom. The second-order valence-corrected chi connectivity index (χ2v) is 5.34. The smallest absolute Gasteiger partial charge is 0.269 e. The van der Waals surface area contributed by atoms with Crippen molar-refractivity contribution in [2.75, 3.05) is 7.05 Å². The number of benzene rings is 2. The minimum Gasteiger partial charge on any atom is -0.313 e. The van der Waals surface area contributed by atoms with Crippen LogP contribution in [-0.4, -0.2) is 12.0 Å². The molecule has 0 spiro atoms. The molecule has 0 bridgehead atoms. The summed E-state index contributed by atoms with van der Waals surface area (Å²) in [5.74, 6) is 0. The summed E-state index contributed by atoms with van der Waals surface area (Å²) in [6.07, 6.45) is 0.775. The molecular formula is C15H15BrN2O2. The Hall–Kier alpha value is -1.72. The molecule has 104 valence electrons. The van der Waals surface area contributed by atoms with E-state index in [1.165, 1.54) is 5.56 Å². The molecule has 0 aliphatic carbocycles. The summed E-state index contributed by atoms with van der Waals surface area (Å²) in [7, 11) is 1.91. The molecule has 0 aliphatic rings. The van der Waals surface area contributed by atoms with Crippen LogP contribution in [0, 0.1) is 10.1 Å². The molecule has 0 aliphatic heterocycles. The second-order valence-electron chi connectivity index (χ2n) is 4.49. The largest absolute Gasteiger partial charge is 0.313 e. The molecule has 4 nitrogen and oxygen atoms in total. The lowest BCUT2D eigenvalue weighted by atomic mass is 9.99. The van der Waals surface area contributed by atoms with Gasteiger partial charge in [0, 0.05) is 22.6 Å². The fourth-order valence-corrected chi connectivity index (χ4v) is 2.68. The highest BCUT2D eigenvalue weighted by molar-refractivity contribution is 9.10. The van der Waals surface area contributed by atoms with E-state index in [4.69, 9.17) is 0 Å². The van der Waals surface area contributed by atoms with Crippen LogP contribution in [0.5, 0.6) is 0 Å². The first-order valence-electron chi connectivity index (χ1n) is 6.27. The minimum atomic E-state index is -0.382. The predicted molar refractivity (Wildman–Crippen MR) is 82.7 cm³/mol. The molecule has 0 saturated heterocycles. The highest BCUT2D eigenvalue weighted by Crippen LogP contribution is 2.26. The summed E-state index contributed by atoms with van der Waals surface area (Å²) < 4.78 is 1.06. The number of likely N-dealkylation sites (N-methyl/N-ethyl adjacent to an activating group) is 1. The maximum atomic E-state index is 10.6. The second kappa shape index (κ2) is 6.63. The zero-order valence-electron chi connectivity index (χ0n) is 11.0. The number of hydrogen-bond donors (Lipinski definition) is 1. The van der Waals surface area contributed by atoms with Gasteiger partial charge in [0.1, 0.15) is 0 Å². The Balaban J connectivity index is 2.18. The molecule has 0 saturated carbocycles.